The van der Waals surface area contributed by atoms with Crippen molar-refractivity contribution in [3.63, 3.8) is 0 Å². The Kier molecular flexibility index (Phi) is 4.11. The van der Waals surface area contributed by atoms with Gasteiger partial charge in [-0.3, -0.25) is 4.79 Å². The minimum atomic E-state index is -0.337. The first-order valence-electron chi connectivity index (χ1n) is 5.87. The fraction of sp³-hybridized carbons (Fsp3) is 0.357. The molecule has 0 bridgehead atoms. The van der Waals surface area contributed by atoms with Crippen LogP contribution in [0.3, 0.4) is 0 Å². The Hall–Kier alpha value is -0.960. The molecule has 0 N–H and O–H groups in total. The third kappa shape index (κ3) is 3.03. The van der Waals surface area contributed by atoms with E-state index < -0.39 is 0 Å². The van der Waals surface area contributed by atoms with Gasteiger partial charge in [-0.2, -0.15) is 0 Å². The first kappa shape index (κ1) is 12.5. The molecule has 1 aromatic rings. The maximum atomic E-state index is 13.1. The standard InChI is InChI=1S/C14H14BrFO/c15-12-9-11(7-8-13(12)16)14(17)10-5-3-1-2-4-6-10/h5,7-9H,1-4,6H2. The maximum absolute atomic E-state index is 13.1. The van der Waals surface area contributed by atoms with Crippen LogP contribution in [0.4, 0.5) is 4.39 Å². The summed E-state index contributed by atoms with van der Waals surface area (Å²) < 4.78 is 13.4. The first-order chi connectivity index (χ1) is 8.18. The van der Waals surface area contributed by atoms with E-state index in [-0.39, 0.29) is 11.6 Å². The summed E-state index contributed by atoms with van der Waals surface area (Å²) in [6.45, 7) is 0. The van der Waals surface area contributed by atoms with Gasteiger partial charge in [0.05, 0.1) is 4.47 Å². The Morgan fingerprint density at radius 1 is 1.24 bits per heavy atom. The summed E-state index contributed by atoms with van der Waals surface area (Å²) >= 11 is 3.11. The van der Waals surface area contributed by atoms with Gasteiger partial charge < -0.3 is 0 Å². The van der Waals surface area contributed by atoms with E-state index >= 15 is 0 Å². The molecular formula is C14H14BrFO. The predicted molar refractivity (Wildman–Crippen MR) is 69.6 cm³/mol. The summed E-state index contributed by atoms with van der Waals surface area (Å²) in [6, 6.07) is 4.44. The quantitative estimate of drug-likeness (QED) is 0.725. The monoisotopic (exact) mass is 296 g/mol. The predicted octanol–water partition coefficient (Wildman–Crippen LogP) is 4.66. The number of carbonyl (C=O) groups is 1. The number of allylic oxidation sites excluding steroid dienone is 2. The molecule has 0 radical (unpaired) electrons. The molecule has 0 heterocycles. The number of Topliss-reactive ketones (excluding diaryl/α,β-unsaturated/α-hetero) is 1. The molecule has 17 heavy (non-hydrogen) atoms. The van der Waals surface area contributed by atoms with Crippen molar-refractivity contribution in [2.24, 2.45) is 0 Å². The molecule has 1 aliphatic carbocycles. The lowest BCUT2D eigenvalue weighted by molar-refractivity contribution is 0.103. The van der Waals surface area contributed by atoms with Gasteiger partial charge in [0.25, 0.3) is 0 Å². The summed E-state index contributed by atoms with van der Waals surface area (Å²) in [7, 11) is 0. The van der Waals surface area contributed by atoms with E-state index in [9.17, 15) is 9.18 Å². The summed E-state index contributed by atoms with van der Waals surface area (Å²) in [5.74, 6) is -0.302. The smallest absolute Gasteiger partial charge is 0.188 e. The molecule has 1 nitrogen and oxygen atoms in total. The molecule has 0 spiro atoms. The molecule has 3 heteroatoms. The molecule has 1 aliphatic rings. The van der Waals surface area contributed by atoms with Gasteiger partial charge in [0.2, 0.25) is 0 Å². The third-order valence-electron chi connectivity index (χ3n) is 3.01. The SMILES string of the molecule is O=C(C1=CCCCCC1)c1ccc(F)c(Br)c1. The second kappa shape index (κ2) is 5.58. The minimum absolute atomic E-state index is 0.0348. The van der Waals surface area contributed by atoms with E-state index in [0.717, 1.165) is 31.3 Å². The second-order valence-electron chi connectivity index (χ2n) is 4.29. The zero-order chi connectivity index (χ0) is 12.3. The first-order valence-corrected chi connectivity index (χ1v) is 6.66. The molecule has 0 saturated heterocycles. The Morgan fingerprint density at radius 2 is 2.06 bits per heavy atom. The molecule has 0 saturated carbocycles. The van der Waals surface area contributed by atoms with Crippen LogP contribution in [0, 0.1) is 5.82 Å². The number of hydrogen-bond acceptors (Lipinski definition) is 1. The van der Waals surface area contributed by atoms with Gasteiger partial charge in [-0.15, -0.1) is 0 Å². The van der Waals surface area contributed by atoms with E-state index in [0.29, 0.717) is 10.0 Å². The van der Waals surface area contributed by atoms with Crippen LogP contribution < -0.4 is 0 Å². The highest BCUT2D eigenvalue weighted by atomic mass is 79.9. The van der Waals surface area contributed by atoms with Crippen LogP contribution in [0.5, 0.6) is 0 Å². The zero-order valence-electron chi connectivity index (χ0n) is 9.51. The van der Waals surface area contributed by atoms with Gasteiger partial charge in [-0.05, 0) is 65.4 Å². The van der Waals surface area contributed by atoms with E-state index in [1.54, 1.807) is 12.1 Å². The average molecular weight is 297 g/mol. The normalized spacial score (nSPS) is 16.2. The molecule has 0 amide bonds. The summed E-state index contributed by atoms with van der Waals surface area (Å²) in [5, 5.41) is 0. The van der Waals surface area contributed by atoms with Gasteiger partial charge in [0.1, 0.15) is 5.82 Å². The lowest BCUT2D eigenvalue weighted by atomic mass is 10.00. The van der Waals surface area contributed by atoms with Crippen LogP contribution in [0.25, 0.3) is 0 Å². The Bertz CT molecular complexity index is 465. The lowest BCUT2D eigenvalue weighted by Crippen LogP contribution is -2.03. The molecule has 0 atom stereocenters. The van der Waals surface area contributed by atoms with Gasteiger partial charge >= 0.3 is 0 Å². The largest absolute Gasteiger partial charge is 0.289 e. The van der Waals surface area contributed by atoms with Crippen molar-refractivity contribution in [3.05, 3.63) is 45.7 Å². The maximum Gasteiger partial charge on any atom is 0.188 e. The van der Waals surface area contributed by atoms with Crippen molar-refractivity contribution in [3.8, 4) is 0 Å². The van der Waals surface area contributed by atoms with Gasteiger partial charge in [0.15, 0.2) is 5.78 Å². The highest BCUT2D eigenvalue weighted by Crippen LogP contribution is 2.23. The van der Waals surface area contributed by atoms with Crippen molar-refractivity contribution in [1.82, 2.24) is 0 Å². The van der Waals surface area contributed by atoms with Gasteiger partial charge in [-0.25, -0.2) is 4.39 Å². The Balaban J connectivity index is 2.23. The van der Waals surface area contributed by atoms with Gasteiger partial charge in [0, 0.05) is 5.56 Å². The van der Waals surface area contributed by atoms with Crippen LogP contribution in [0.15, 0.2) is 34.3 Å². The third-order valence-corrected chi connectivity index (χ3v) is 3.62. The number of rotatable bonds is 2. The summed E-state index contributed by atoms with van der Waals surface area (Å²) in [4.78, 5) is 12.2. The van der Waals surface area contributed by atoms with Crippen molar-refractivity contribution in [2.75, 3.05) is 0 Å². The van der Waals surface area contributed by atoms with Crippen molar-refractivity contribution < 1.29 is 9.18 Å². The van der Waals surface area contributed by atoms with Crippen LogP contribution in [-0.2, 0) is 0 Å². The molecule has 2 rings (SSSR count). The summed E-state index contributed by atoms with van der Waals surface area (Å²) in [6.07, 6.45) is 7.26. The van der Waals surface area contributed by atoms with Crippen molar-refractivity contribution >= 4 is 21.7 Å². The fourth-order valence-electron chi connectivity index (χ4n) is 2.04. The number of carbonyl (C=O) groups excluding carboxylic acids is 1. The minimum Gasteiger partial charge on any atom is -0.289 e. The van der Waals surface area contributed by atoms with Gasteiger partial charge in [-0.1, -0.05) is 12.5 Å². The van der Waals surface area contributed by atoms with E-state index in [4.69, 9.17) is 0 Å². The zero-order valence-corrected chi connectivity index (χ0v) is 11.1. The topological polar surface area (TPSA) is 17.1 Å². The molecule has 0 fully saturated rings. The van der Waals surface area contributed by atoms with Crippen LogP contribution in [0.2, 0.25) is 0 Å². The highest BCUT2D eigenvalue weighted by Gasteiger charge is 2.14. The Labute approximate surface area is 109 Å². The van der Waals surface area contributed by atoms with E-state index in [1.807, 2.05) is 6.08 Å². The van der Waals surface area contributed by atoms with E-state index in [2.05, 4.69) is 15.9 Å². The molecule has 1 aromatic carbocycles. The van der Waals surface area contributed by atoms with Crippen LogP contribution in [0.1, 0.15) is 42.5 Å². The Morgan fingerprint density at radius 3 is 2.82 bits per heavy atom. The fourth-order valence-corrected chi connectivity index (χ4v) is 2.42. The van der Waals surface area contributed by atoms with Crippen molar-refractivity contribution in [2.45, 2.75) is 32.1 Å². The van der Waals surface area contributed by atoms with Crippen LogP contribution in [-0.4, -0.2) is 5.78 Å². The van der Waals surface area contributed by atoms with E-state index in [1.165, 1.54) is 12.5 Å². The number of ketones is 1. The molecule has 0 aliphatic heterocycles. The number of halogens is 2. The lowest BCUT2D eigenvalue weighted by Gasteiger charge is -2.05. The number of hydrogen-bond donors (Lipinski definition) is 0. The highest BCUT2D eigenvalue weighted by molar-refractivity contribution is 9.10. The number of benzene rings is 1. The molecular weight excluding hydrogens is 283 g/mol. The second-order valence-corrected chi connectivity index (χ2v) is 5.14. The molecule has 0 unspecified atom stereocenters. The molecule has 90 valence electrons. The average Bonchev–Trinajstić information content (AvgIpc) is 2.60. The van der Waals surface area contributed by atoms with Crippen molar-refractivity contribution in [1.29, 1.82) is 0 Å². The molecule has 0 aromatic heterocycles. The summed E-state index contributed by atoms with van der Waals surface area (Å²) in [5.41, 5.74) is 1.44. The van der Waals surface area contributed by atoms with Crippen LogP contribution >= 0.6 is 15.9 Å².